The van der Waals surface area contributed by atoms with Crippen molar-refractivity contribution in [3.05, 3.63) is 35.1 Å². The minimum Gasteiger partial charge on any atom is -0.207 e. The first-order chi connectivity index (χ1) is 13.7. The Morgan fingerprint density at radius 1 is 0.929 bits per heavy atom. The number of rotatable bonds is 8. The van der Waals surface area contributed by atoms with Gasteiger partial charge in [-0.3, -0.25) is 0 Å². The van der Waals surface area contributed by atoms with E-state index in [-0.39, 0.29) is 11.7 Å². The van der Waals surface area contributed by atoms with Crippen LogP contribution in [0.15, 0.2) is 18.2 Å². The number of hydrogen-bond acceptors (Lipinski definition) is 1. The normalized spacial score (nSPS) is 28.0. The number of aryl methyl sites for hydroxylation is 1. The van der Waals surface area contributed by atoms with Crippen molar-refractivity contribution in [2.24, 2.45) is 17.8 Å². The minimum absolute atomic E-state index is 0.0162. The molecule has 2 aliphatic carbocycles. The van der Waals surface area contributed by atoms with Crippen LogP contribution < -0.4 is 0 Å². The van der Waals surface area contributed by atoms with Crippen molar-refractivity contribution in [2.45, 2.75) is 103 Å². The monoisotopic (exact) mass is 383 g/mol. The van der Waals surface area contributed by atoms with Gasteiger partial charge in [-0.1, -0.05) is 70.4 Å². The third-order valence-corrected chi connectivity index (χ3v) is 7.44. The topological polar surface area (TPSA) is 23.8 Å². The van der Waals surface area contributed by atoms with Crippen molar-refractivity contribution in [1.29, 1.82) is 5.26 Å². The first-order valence-corrected chi connectivity index (χ1v) is 11.9. The Morgan fingerprint density at radius 2 is 1.61 bits per heavy atom. The van der Waals surface area contributed by atoms with E-state index in [0.717, 1.165) is 55.1 Å². The third-order valence-electron chi connectivity index (χ3n) is 7.44. The molecule has 2 fully saturated rings. The molecule has 1 aromatic rings. The van der Waals surface area contributed by atoms with Crippen molar-refractivity contribution in [1.82, 2.24) is 0 Å². The molecule has 3 rings (SSSR count). The van der Waals surface area contributed by atoms with Crippen molar-refractivity contribution >= 4 is 0 Å². The summed E-state index contributed by atoms with van der Waals surface area (Å²) in [5.74, 6) is 2.28. The van der Waals surface area contributed by atoms with Crippen LogP contribution in [-0.2, 0) is 6.42 Å². The van der Waals surface area contributed by atoms with E-state index in [2.05, 4.69) is 19.1 Å². The van der Waals surface area contributed by atoms with Crippen LogP contribution in [0.3, 0.4) is 0 Å². The Bertz CT molecular complexity index is 630. The van der Waals surface area contributed by atoms with Gasteiger partial charge < -0.3 is 0 Å². The predicted molar refractivity (Wildman–Crippen MR) is 115 cm³/mol. The molecule has 2 heteroatoms. The summed E-state index contributed by atoms with van der Waals surface area (Å²) in [6, 6.07) is 8.35. The van der Waals surface area contributed by atoms with Gasteiger partial charge in [-0.15, -0.1) is 0 Å². The molecule has 1 nitrogen and oxygen atoms in total. The molecule has 0 heterocycles. The summed E-state index contributed by atoms with van der Waals surface area (Å²) in [6.45, 7) is 2.28. The summed E-state index contributed by atoms with van der Waals surface area (Å²) >= 11 is 0. The molecule has 154 valence electrons. The van der Waals surface area contributed by atoms with Gasteiger partial charge in [-0.2, -0.15) is 5.26 Å². The van der Waals surface area contributed by atoms with E-state index in [1.165, 1.54) is 57.8 Å². The summed E-state index contributed by atoms with van der Waals surface area (Å²) in [5, 5.41) is 9.04. The molecular weight excluding hydrogens is 345 g/mol. The largest absolute Gasteiger partial charge is 0.207 e. The van der Waals surface area contributed by atoms with Crippen molar-refractivity contribution in [3.8, 4) is 6.07 Å². The fourth-order valence-corrected chi connectivity index (χ4v) is 5.45. The number of halogens is 1. The lowest BCUT2D eigenvalue weighted by atomic mass is 9.77. The second-order valence-electron chi connectivity index (χ2n) is 9.45. The first-order valence-electron chi connectivity index (χ1n) is 11.9. The molecule has 28 heavy (non-hydrogen) atoms. The standard InChI is InChI=1S/C26H38FN/c1-2-3-4-5-20-6-8-21(9-7-20)10-11-22-14-17-25(26(27)18-22)24-15-12-23(19-28)13-16-24/h14,17-18,20-21,23-24H,2-13,15-16H2,1H3/t20-,21-,23-,24-. The number of benzene rings is 1. The molecule has 0 unspecified atom stereocenters. The van der Waals surface area contributed by atoms with E-state index in [9.17, 15) is 4.39 Å². The van der Waals surface area contributed by atoms with E-state index >= 15 is 0 Å². The summed E-state index contributed by atoms with van der Waals surface area (Å²) in [4.78, 5) is 0. The van der Waals surface area contributed by atoms with Gasteiger partial charge in [-0.05, 0) is 73.5 Å². The molecular formula is C26H38FN. The van der Waals surface area contributed by atoms with Gasteiger partial charge in [0, 0.05) is 5.92 Å². The Balaban J connectivity index is 1.42. The molecule has 1 aromatic carbocycles. The number of hydrogen-bond donors (Lipinski definition) is 0. The Morgan fingerprint density at radius 3 is 2.21 bits per heavy atom. The quantitative estimate of drug-likeness (QED) is 0.418. The lowest BCUT2D eigenvalue weighted by molar-refractivity contribution is 0.249. The minimum atomic E-state index is -0.0162. The van der Waals surface area contributed by atoms with E-state index in [0.29, 0.717) is 5.92 Å². The fourth-order valence-electron chi connectivity index (χ4n) is 5.45. The Labute approximate surface area is 171 Å². The first kappa shape index (κ1) is 21.4. The van der Waals surface area contributed by atoms with Crippen LogP contribution in [0.25, 0.3) is 0 Å². The van der Waals surface area contributed by atoms with E-state index in [1.54, 1.807) is 6.07 Å². The highest BCUT2D eigenvalue weighted by Crippen LogP contribution is 2.37. The second kappa shape index (κ2) is 11.0. The molecule has 2 saturated carbocycles. The molecule has 0 aromatic heterocycles. The van der Waals surface area contributed by atoms with Crippen molar-refractivity contribution < 1.29 is 4.39 Å². The van der Waals surface area contributed by atoms with Crippen molar-refractivity contribution in [3.63, 3.8) is 0 Å². The molecule has 0 amide bonds. The molecule has 0 spiro atoms. The van der Waals surface area contributed by atoms with Gasteiger partial charge in [0.2, 0.25) is 0 Å². The Hall–Kier alpha value is -1.36. The van der Waals surface area contributed by atoms with Gasteiger partial charge in [0.25, 0.3) is 0 Å². The van der Waals surface area contributed by atoms with Gasteiger partial charge in [-0.25, -0.2) is 4.39 Å². The van der Waals surface area contributed by atoms with E-state index in [1.807, 2.05) is 6.07 Å². The van der Waals surface area contributed by atoms with Crippen LogP contribution in [0.4, 0.5) is 4.39 Å². The van der Waals surface area contributed by atoms with Crippen molar-refractivity contribution in [2.75, 3.05) is 0 Å². The summed E-state index contributed by atoms with van der Waals surface area (Å²) in [5.41, 5.74) is 2.05. The highest BCUT2D eigenvalue weighted by Gasteiger charge is 2.24. The van der Waals surface area contributed by atoms with Gasteiger partial charge in [0.05, 0.1) is 6.07 Å². The number of nitriles is 1. The molecule has 2 aliphatic rings. The maximum absolute atomic E-state index is 14.7. The van der Waals surface area contributed by atoms with Crippen LogP contribution in [0.5, 0.6) is 0 Å². The summed E-state index contributed by atoms with van der Waals surface area (Å²) in [7, 11) is 0. The molecule has 0 N–H and O–H groups in total. The van der Waals surface area contributed by atoms with Crippen LogP contribution in [0, 0.1) is 34.9 Å². The van der Waals surface area contributed by atoms with Gasteiger partial charge in [0.15, 0.2) is 0 Å². The highest BCUT2D eigenvalue weighted by atomic mass is 19.1. The fraction of sp³-hybridized carbons (Fsp3) is 0.731. The lowest BCUT2D eigenvalue weighted by Gasteiger charge is -2.28. The third kappa shape index (κ3) is 6.07. The zero-order valence-electron chi connectivity index (χ0n) is 17.8. The molecule has 0 bridgehead atoms. The molecule has 0 atom stereocenters. The highest BCUT2D eigenvalue weighted by molar-refractivity contribution is 5.28. The van der Waals surface area contributed by atoms with E-state index in [4.69, 9.17) is 5.26 Å². The van der Waals surface area contributed by atoms with Crippen LogP contribution in [0.1, 0.15) is 107 Å². The predicted octanol–water partition coefficient (Wildman–Crippen LogP) is 7.94. The average Bonchev–Trinajstić information content (AvgIpc) is 2.73. The molecule has 0 aliphatic heterocycles. The SMILES string of the molecule is CCCCC[C@H]1CC[C@H](CCc2ccc([C@H]3CC[C@H](C#N)CC3)c(F)c2)CC1. The number of unbranched alkanes of at least 4 members (excludes halogenated alkanes) is 2. The van der Waals surface area contributed by atoms with E-state index < -0.39 is 0 Å². The van der Waals surface area contributed by atoms with Gasteiger partial charge in [0.1, 0.15) is 5.82 Å². The molecule has 0 radical (unpaired) electrons. The summed E-state index contributed by atoms with van der Waals surface area (Å²) < 4.78 is 14.7. The maximum Gasteiger partial charge on any atom is 0.126 e. The average molecular weight is 384 g/mol. The lowest BCUT2D eigenvalue weighted by Crippen LogP contribution is -2.15. The zero-order valence-corrected chi connectivity index (χ0v) is 17.8. The zero-order chi connectivity index (χ0) is 19.8. The number of nitrogens with zero attached hydrogens (tertiary/aromatic N) is 1. The van der Waals surface area contributed by atoms with Crippen LogP contribution >= 0.6 is 0 Å². The maximum atomic E-state index is 14.7. The molecule has 0 saturated heterocycles. The second-order valence-corrected chi connectivity index (χ2v) is 9.45. The van der Waals surface area contributed by atoms with Crippen LogP contribution in [0.2, 0.25) is 0 Å². The smallest absolute Gasteiger partial charge is 0.126 e. The Kier molecular flexibility index (Phi) is 8.38. The van der Waals surface area contributed by atoms with Crippen LogP contribution in [-0.4, -0.2) is 0 Å². The summed E-state index contributed by atoms with van der Waals surface area (Å²) in [6.07, 6.45) is 17.1. The van der Waals surface area contributed by atoms with Gasteiger partial charge >= 0.3 is 0 Å².